The fraction of sp³-hybridized carbons (Fsp3) is 0.533. The van der Waals surface area contributed by atoms with Crippen LogP contribution in [-0.4, -0.2) is 28.6 Å². The van der Waals surface area contributed by atoms with Gasteiger partial charge in [-0.25, -0.2) is 4.79 Å². The van der Waals surface area contributed by atoms with E-state index in [4.69, 9.17) is 0 Å². The quantitative estimate of drug-likeness (QED) is 0.683. The van der Waals surface area contributed by atoms with Crippen LogP contribution < -0.4 is 4.90 Å². The van der Waals surface area contributed by atoms with Crippen LogP contribution in [0.25, 0.3) is 0 Å². The van der Waals surface area contributed by atoms with E-state index < -0.39 is 10.9 Å². The van der Waals surface area contributed by atoms with Gasteiger partial charge in [0, 0.05) is 24.3 Å². The molecule has 3 atom stereocenters. The molecular weight excluding hydrogens is 272 g/mol. The third kappa shape index (κ3) is 2.99. The highest BCUT2D eigenvalue weighted by Crippen LogP contribution is 2.33. The van der Waals surface area contributed by atoms with Gasteiger partial charge in [0.15, 0.2) is 0 Å². The van der Waals surface area contributed by atoms with E-state index in [-0.39, 0.29) is 17.3 Å². The van der Waals surface area contributed by atoms with Crippen LogP contribution in [0.15, 0.2) is 18.2 Å². The summed E-state index contributed by atoms with van der Waals surface area (Å²) < 4.78 is 0. The van der Waals surface area contributed by atoms with Crippen LogP contribution in [0.2, 0.25) is 0 Å². The number of nitrogens with zero attached hydrogens (tertiary/aromatic N) is 2. The van der Waals surface area contributed by atoms with Crippen molar-refractivity contribution in [1.82, 2.24) is 0 Å². The van der Waals surface area contributed by atoms with Crippen LogP contribution in [0, 0.1) is 22.0 Å². The average molecular weight is 292 g/mol. The molecule has 0 radical (unpaired) electrons. The summed E-state index contributed by atoms with van der Waals surface area (Å²) in [6.07, 6.45) is 1.14. The van der Waals surface area contributed by atoms with Crippen LogP contribution in [0.4, 0.5) is 11.4 Å². The zero-order chi connectivity index (χ0) is 15.7. The molecule has 6 heteroatoms. The molecule has 1 heterocycles. The molecule has 1 aliphatic heterocycles. The molecule has 0 saturated carbocycles. The number of benzene rings is 1. The summed E-state index contributed by atoms with van der Waals surface area (Å²) in [5.41, 5.74) is 0.122. The number of carboxylic acids is 1. The van der Waals surface area contributed by atoms with Crippen molar-refractivity contribution in [3.8, 4) is 0 Å². The number of hydrogen-bond donors (Lipinski definition) is 1. The first-order valence-corrected chi connectivity index (χ1v) is 7.09. The number of hydrogen-bond acceptors (Lipinski definition) is 4. The molecule has 2 rings (SSSR count). The Morgan fingerprint density at radius 3 is 2.62 bits per heavy atom. The molecule has 3 unspecified atom stereocenters. The molecule has 1 aromatic rings. The zero-order valence-corrected chi connectivity index (χ0v) is 12.4. The van der Waals surface area contributed by atoms with Crippen molar-refractivity contribution in [2.24, 2.45) is 11.8 Å². The smallest absolute Gasteiger partial charge is 0.342 e. The van der Waals surface area contributed by atoms with Gasteiger partial charge in [-0.1, -0.05) is 13.8 Å². The first-order chi connectivity index (χ1) is 9.81. The number of carboxylic acid groups (broad SMARTS) is 1. The van der Waals surface area contributed by atoms with E-state index in [1.807, 2.05) is 0 Å². The average Bonchev–Trinajstić information content (AvgIpc) is 2.42. The lowest BCUT2D eigenvalue weighted by Crippen LogP contribution is -2.45. The summed E-state index contributed by atoms with van der Waals surface area (Å²) in [6, 6.07) is 4.63. The fourth-order valence-electron chi connectivity index (χ4n) is 3.09. The molecule has 1 N–H and O–H groups in total. The highest BCUT2D eigenvalue weighted by molar-refractivity contribution is 5.93. The minimum atomic E-state index is -1.27. The van der Waals surface area contributed by atoms with Crippen LogP contribution in [0.5, 0.6) is 0 Å². The Labute approximate surface area is 123 Å². The van der Waals surface area contributed by atoms with Crippen molar-refractivity contribution in [2.75, 3.05) is 11.4 Å². The molecule has 6 nitrogen and oxygen atoms in total. The lowest BCUT2D eigenvalue weighted by atomic mass is 9.85. The minimum Gasteiger partial charge on any atom is -0.477 e. The topological polar surface area (TPSA) is 83.7 Å². The zero-order valence-electron chi connectivity index (χ0n) is 12.4. The molecule has 0 bridgehead atoms. The number of piperidine rings is 1. The molecule has 1 aromatic carbocycles. The summed E-state index contributed by atoms with van der Waals surface area (Å²) in [6.45, 7) is 7.29. The Balaban J connectivity index is 2.42. The normalized spacial score (nSPS) is 25.7. The van der Waals surface area contributed by atoms with Crippen molar-refractivity contribution in [1.29, 1.82) is 0 Å². The van der Waals surface area contributed by atoms with Crippen LogP contribution in [-0.2, 0) is 0 Å². The van der Waals surface area contributed by atoms with E-state index in [1.165, 1.54) is 12.1 Å². The molecule has 1 saturated heterocycles. The highest BCUT2D eigenvalue weighted by Gasteiger charge is 2.30. The lowest BCUT2D eigenvalue weighted by Gasteiger charge is -2.42. The monoisotopic (exact) mass is 292 g/mol. The molecular formula is C15H20N2O4. The highest BCUT2D eigenvalue weighted by atomic mass is 16.6. The predicted molar refractivity (Wildman–Crippen MR) is 79.8 cm³/mol. The van der Waals surface area contributed by atoms with Gasteiger partial charge in [-0.15, -0.1) is 0 Å². The Hall–Kier alpha value is -2.11. The van der Waals surface area contributed by atoms with E-state index >= 15 is 0 Å². The molecule has 0 amide bonds. The van der Waals surface area contributed by atoms with Crippen molar-refractivity contribution in [2.45, 2.75) is 33.2 Å². The summed E-state index contributed by atoms with van der Waals surface area (Å²) in [5.74, 6) is -0.258. The second kappa shape index (κ2) is 5.71. The van der Waals surface area contributed by atoms with E-state index in [0.29, 0.717) is 11.8 Å². The molecule has 0 aliphatic carbocycles. The van der Waals surface area contributed by atoms with Gasteiger partial charge in [0.1, 0.15) is 5.56 Å². The number of nitro benzene ring substituents is 1. The van der Waals surface area contributed by atoms with E-state index in [1.54, 1.807) is 6.07 Å². The van der Waals surface area contributed by atoms with E-state index in [0.717, 1.165) is 18.7 Å². The third-order valence-electron chi connectivity index (χ3n) is 4.34. The maximum absolute atomic E-state index is 11.2. The Kier molecular flexibility index (Phi) is 4.16. The number of rotatable bonds is 3. The van der Waals surface area contributed by atoms with Crippen molar-refractivity contribution in [3.63, 3.8) is 0 Å². The van der Waals surface area contributed by atoms with Gasteiger partial charge in [-0.2, -0.15) is 0 Å². The number of aromatic carboxylic acids is 1. The second-order valence-corrected chi connectivity index (χ2v) is 5.97. The van der Waals surface area contributed by atoms with Crippen LogP contribution in [0.1, 0.15) is 37.6 Å². The van der Waals surface area contributed by atoms with Gasteiger partial charge in [0.2, 0.25) is 0 Å². The summed E-state index contributed by atoms with van der Waals surface area (Å²) in [5, 5.41) is 20.1. The largest absolute Gasteiger partial charge is 0.477 e. The summed E-state index contributed by atoms with van der Waals surface area (Å²) >= 11 is 0. The van der Waals surface area contributed by atoms with E-state index in [2.05, 4.69) is 25.7 Å². The molecule has 114 valence electrons. The van der Waals surface area contributed by atoms with Crippen LogP contribution >= 0.6 is 0 Å². The summed E-state index contributed by atoms with van der Waals surface area (Å²) in [4.78, 5) is 23.7. The van der Waals surface area contributed by atoms with E-state index in [9.17, 15) is 20.0 Å². The third-order valence-corrected chi connectivity index (χ3v) is 4.34. The molecule has 21 heavy (non-hydrogen) atoms. The van der Waals surface area contributed by atoms with Gasteiger partial charge in [0.05, 0.1) is 4.92 Å². The maximum atomic E-state index is 11.2. The second-order valence-electron chi connectivity index (χ2n) is 5.97. The number of anilines is 1. The van der Waals surface area contributed by atoms with Gasteiger partial charge in [-0.05, 0) is 37.3 Å². The Bertz CT molecular complexity index is 573. The Morgan fingerprint density at radius 1 is 1.38 bits per heavy atom. The number of carbonyl (C=O) groups is 1. The van der Waals surface area contributed by atoms with Gasteiger partial charge >= 0.3 is 5.97 Å². The van der Waals surface area contributed by atoms with Gasteiger partial charge < -0.3 is 10.0 Å². The van der Waals surface area contributed by atoms with Crippen molar-refractivity contribution in [3.05, 3.63) is 33.9 Å². The first kappa shape index (κ1) is 15.3. The van der Waals surface area contributed by atoms with Crippen molar-refractivity contribution < 1.29 is 14.8 Å². The molecule has 1 aliphatic rings. The summed E-state index contributed by atoms with van der Waals surface area (Å²) in [7, 11) is 0. The first-order valence-electron chi connectivity index (χ1n) is 7.09. The standard InChI is InChI=1S/C15H20N2O4/c1-9-6-10(2)11(3)16(8-9)12-4-5-14(17(20)21)13(7-12)15(18)19/h4-5,7,9-11H,6,8H2,1-3H3,(H,18,19). The molecule has 1 fully saturated rings. The fourth-order valence-corrected chi connectivity index (χ4v) is 3.09. The molecule has 0 spiro atoms. The van der Waals surface area contributed by atoms with Gasteiger partial charge in [-0.3, -0.25) is 10.1 Å². The number of nitro groups is 1. The molecule has 0 aromatic heterocycles. The predicted octanol–water partition coefficient (Wildman–Crippen LogP) is 3.16. The van der Waals surface area contributed by atoms with Gasteiger partial charge in [0.25, 0.3) is 5.69 Å². The Morgan fingerprint density at radius 2 is 2.05 bits per heavy atom. The minimum absolute atomic E-state index is 0.254. The maximum Gasteiger partial charge on any atom is 0.342 e. The lowest BCUT2D eigenvalue weighted by molar-refractivity contribution is -0.385. The SMILES string of the molecule is CC1CC(C)C(C)N(c2ccc([N+](=O)[O-])c(C(=O)O)c2)C1. The van der Waals surface area contributed by atoms with Crippen LogP contribution in [0.3, 0.4) is 0 Å². The van der Waals surface area contributed by atoms with Crippen molar-refractivity contribution >= 4 is 17.3 Å².